The van der Waals surface area contributed by atoms with Gasteiger partial charge in [0.1, 0.15) is 0 Å². The van der Waals surface area contributed by atoms with E-state index in [4.69, 9.17) is 0 Å². The lowest BCUT2D eigenvalue weighted by molar-refractivity contribution is 0.661. The molecule has 3 aliphatic rings. The predicted octanol–water partition coefficient (Wildman–Crippen LogP) is 8.09. The van der Waals surface area contributed by atoms with Crippen LogP contribution in [0.5, 0.6) is 0 Å². The second-order valence-electron chi connectivity index (χ2n) is 11.9. The van der Waals surface area contributed by atoms with Gasteiger partial charge in [0, 0.05) is 32.7 Å². The Morgan fingerprint density at radius 2 is 1.60 bits per heavy atom. The third-order valence-electron chi connectivity index (χ3n) is 9.48. The molecule has 9 rings (SSSR count). The molecule has 1 aromatic heterocycles. The van der Waals surface area contributed by atoms with Crippen molar-refractivity contribution < 1.29 is 0 Å². The van der Waals surface area contributed by atoms with E-state index in [9.17, 15) is 0 Å². The van der Waals surface area contributed by atoms with Gasteiger partial charge in [-0.1, -0.05) is 98.1 Å². The van der Waals surface area contributed by atoms with E-state index in [1.165, 1.54) is 76.9 Å². The van der Waals surface area contributed by atoms with Crippen molar-refractivity contribution >= 4 is 50.3 Å². The molecule has 6 aromatic rings. The molecule has 0 saturated heterocycles. The molecule has 1 heteroatoms. The van der Waals surface area contributed by atoms with E-state index in [2.05, 4.69) is 127 Å². The van der Waals surface area contributed by atoms with Crippen LogP contribution in [-0.4, -0.2) is 4.57 Å². The lowest BCUT2D eigenvalue weighted by atomic mass is 9.82. The van der Waals surface area contributed by atoms with E-state index >= 15 is 0 Å². The van der Waals surface area contributed by atoms with E-state index in [1.54, 1.807) is 0 Å². The highest BCUT2D eigenvalue weighted by Crippen LogP contribution is 2.51. The molecule has 0 atom stereocenters. The van der Waals surface area contributed by atoms with Crippen LogP contribution in [0.25, 0.3) is 67.1 Å². The van der Waals surface area contributed by atoms with Crippen LogP contribution in [0.2, 0.25) is 0 Å². The molecule has 0 fully saturated rings. The van der Waals surface area contributed by atoms with Crippen LogP contribution in [0.1, 0.15) is 42.7 Å². The topological polar surface area (TPSA) is 4.93 Å². The van der Waals surface area contributed by atoms with Crippen molar-refractivity contribution in [3.05, 3.63) is 130 Å². The lowest BCUT2D eigenvalue weighted by Crippen LogP contribution is -2.27. The molecule has 0 radical (unpaired) electrons. The van der Waals surface area contributed by atoms with Crippen molar-refractivity contribution in [1.82, 2.24) is 4.57 Å². The number of allylic oxidation sites excluding steroid dienone is 2. The van der Waals surface area contributed by atoms with Gasteiger partial charge in [0.25, 0.3) is 0 Å². The van der Waals surface area contributed by atoms with E-state index in [-0.39, 0.29) is 5.41 Å². The molecular weight excluding hydrogens is 482 g/mol. The molecule has 0 bridgehead atoms. The fourth-order valence-electron chi connectivity index (χ4n) is 7.66. The van der Waals surface area contributed by atoms with Gasteiger partial charge < -0.3 is 4.57 Å². The largest absolute Gasteiger partial charge is 0.312 e. The molecular formula is C39H27N. The Kier molecular flexibility index (Phi) is 4.22. The summed E-state index contributed by atoms with van der Waals surface area (Å²) >= 11 is 0. The smallest absolute Gasteiger partial charge is 0.0550 e. The van der Waals surface area contributed by atoms with Crippen molar-refractivity contribution in [1.29, 1.82) is 0 Å². The third-order valence-corrected chi connectivity index (χ3v) is 9.48. The van der Waals surface area contributed by atoms with Crippen LogP contribution >= 0.6 is 0 Å². The molecule has 0 aliphatic heterocycles. The molecule has 40 heavy (non-hydrogen) atoms. The first-order valence-electron chi connectivity index (χ1n) is 14.3. The van der Waals surface area contributed by atoms with E-state index in [0.29, 0.717) is 0 Å². The first-order chi connectivity index (χ1) is 19.6. The summed E-state index contributed by atoms with van der Waals surface area (Å²) in [4.78, 5) is 0. The molecule has 5 aromatic carbocycles. The number of hydrogen-bond acceptors (Lipinski definition) is 0. The number of hydrogen-bond donors (Lipinski definition) is 0. The summed E-state index contributed by atoms with van der Waals surface area (Å²) in [5.74, 6) is 0. The zero-order valence-corrected chi connectivity index (χ0v) is 22.7. The van der Waals surface area contributed by atoms with Crippen LogP contribution in [0.3, 0.4) is 0 Å². The average Bonchev–Trinajstić information content (AvgIpc) is 3.44. The fourth-order valence-corrected chi connectivity index (χ4v) is 7.66. The molecule has 1 heterocycles. The van der Waals surface area contributed by atoms with Crippen LogP contribution in [-0.2, 0) is 11.8 Å². The second kappa shape index (κ2) is 7.65. The number of aromatic nitrogens is 1. The van der Waals surface area contributed by atoms with Gasteiger partial charge in [-0.25, -0.2) is 0 Å². The Morgan fingerprint density at radius 3 is 2.52 bits per heavy atom. The Labute approximate surface area is 233 Å². The number of fused-ring (bicyclic) bond motifs is 12. The third kappa shape index (κ3) is 2.69. The highest BCUT2D eigenvalue weighted by atomic mass is 15.0. The van der Waals surface area contributed by atoms with Gasteiger partial charge in [-0.05, 0) is 86.8 Å². The number of rotatable bonds is 1. The Bertz CT molecular complexity index is 2360. The van der Waals surface area contributed by atoms with Crippen LogP contribution in [0, 0.1) is 0 Å². The summed E-state index contributed by atoms with van der Waals surface area (Å²) < 4.78 is 2.57. The SMILES string of the molecule is CC1(C)c2ccccc2-c2cc3c4c(n(-c5cccc6c5c5c(c7ccccc76)=CC=C=C=5)c3cc21)CCC=C4. The van der Waals surface area contributed by atoms with Crippen LogP contribution < -0.4 is 10.4 Å². The molecule has 0 spiro atoms. The fraction of sp³-hybridized carbons (Fsp3) is 0.128. The van der Waals surface area contributed by atoms with Gasteiger partial charge in [-0.2, -0.15) is 0 Å². The predicted molar refractivity (Wildman–Crippen MR) is 168 cm³/mol. The first kappa shape index (κ1) is 22.1. The first-order valence-corrected chi connectivity index (χ1v) is 14.3. The zero-order chi connectivity index (χ0) is 26.6. The van der Waals surface area contributed by atoms with Crippen molar-refractivity contribution in [2.24, 2.45) is 0 Å². The normalized spacial score (nSPS) is 15.6. The van der Waals surface area contributed by atoms with E-state index in [0.717, 1.165) is 18.1 Å². The molecule has 0 N–H and O–H groups in total. The van der Waals surface area contributed by atoms with Gasteiger partial charge in [0.15, 0.2) is 0 Å². The summed E-state index contributed by atoms with van der Waals surface area (Å²) in [7, 11) is 0. The maximum absolute atomic E-state index is 3.53. The van der Waals surface area contributed by atoms with Crippen LogP contribution in [0.15, 0.2) is 96.7 Å². The van der Waals surface area contributed by atoms with Crippen molar-refractivity contribution in [3.63, 3.8) is 0 Å². The molecule has 0 amide bonds. The van der Waals surface area contributed by atoms with Crippen molar-refractivity contribution in [2.45, 2.75) is 32.1 Å². The highest BCUT2D eigenvalue weighted by molar-refractivity contribution is 6.12. The summed E-state index contributed by atoms with van der Waals surface area (Å²) in [5, 5.41) is 8.80. The van der Waals surface area contributed by atoms with Gasteiger partial charge >= 0.3 is 0 Å². The van der Waals surface area contributed by atoms with Crippen LogP contribution in [0.4, 0.5) is 0 Å². The highest BCUT2D eigenvalue weighted by Gasteiger charge is 2.36. The van der Waals surface area contributed by atoms with Gasteiger partial charge in [0.2, 0.25) is 0 Å². The lowest BCUT2D eigenvalue weighted by Gasteiger charge is -2.22. The maximum atomic E-state index is 3.53. The molecule has 0 unspecified atom stereocenters. The summed E-state index contributed by atoms with van der Waals surface area (Å²) in [6, 6.07) is 29.5. The van der Waals surface area contributed by atoms with Crippen molar-refractivity contribution in [2.75, 3.05) is 0 Å². The van der Waals surface area contributed by atoms with Gasteiger partial charge in [-0.15, -0.1) is 0 Å². The standard InChI is InChI=1S/C39H27N/c1-39(2)33-19-9-7-15-27(33)31-22-32-28-16-8-10-20-35(28)40(37(32)23-34(31)39)36-21-11-18-30-26-13-4-3-12-24(26)25-14-5-6-17-29(25)38(30)36/h3-5,7-9,11-16,18-19,21-23H,10,20H2,1-2H3. The molecule has 188 valence electrons. The van der Waals surface area contributed by atoms with Gasteiger partial charge in [0.05, 0.1) is 11.2 Å². The zero-order valence-electron chi connectivity index (χ0n) is 22.7. The quantitative estimate of drug-likeness (QED) is 0.156. The molecule has 1 nitrogen and oxygen atoms in total. The molecule has 0 saturated carbocycles. The minimum Gasteiger partial charge on any atom is -0.312 e. The maximum Gasteiger partial charge on any atom is 0.0550 e. The Morgan fingerprint density at radius 1 is 0.775 bits per heavy atom. The summed E-state index contributed by atoms with van der Waals surface area (Å²) in [5.41, 5.74) is 17.6. The Balaban J connectivity index is 1.48. The average molecular weight is 510 g/mol. The van der Waals surface area contributed by atoms with Gasteiger partial charge in [-0.3, -0.25) is 0 Å². The second-order valence-corrected chi connectivity index (χ2v) is 11.9. The van der Waals surface area contributed by atoms with E-state index in [1.807, 2.05) is 6.08 Å². The minimum absolute atomic E-state index is 0.0457. The summed E-state index contributed by atoms with van der Waals surface area (Å²) in [6.07, 6.45) is 11.0. The Hall–Kier alpha value is -4.80. The van der Waals surface area contributed by atoms with Crippen molar-refractivity contribution in [3.8, 4) is 16.8 Å². The summed E-state index contributed by atoms with van der Waals surface area (Å²) in [6.45, 7) is 4.75. The molecule has 3 aliphatic carbocycles. The minimum atomic E-state index is -0.0457. The van der Waals surface area contributed by atoms with E-state index < -0.39 is 0 Å². The monoisotopic (exact) mass is 509 g/mol. The number of nitrogens with zero attached hydrogens (tertiary/aromatic N) is 1. The number of benzene rings is 5.